The van der Waals surface area contributed by atoms with Crippen LogP contribution >= 0.6 is 23.2 Å². The molecule has 0 spiro atoms. The van der Waals surface area contributed by atoms with Gasteiger partial charge in [-0.25, -0.2) is 31.9 Å². The van der Waals surface area contributed by atoms with E-state index in [-0.39, 0.29) is 53.7 Å². The van der Waals surface area contributed by atoms with Crippen molar-refractivity contribution in [3.05, 3.63) is 128 Å². The van der Waals surface area contributed by atoms with Crippen LogP contribution in [0, 0.1) is 0 Å². The zero-order valence-electron chi connectivity index (χ0n) is 24.6. The van der Waals surface area contributed by atoms with Crippen LogP contribution < -0.4 is 10.3 Å². The van der Waals surface area contributed by atoms with Crippen LogP contribution in [0.3, 0.4) is 0 Å². The number of aromatic carboxylic acids is 1. The van der Waals surface area contributed by atoms with E-state index in [0.29, 0.717) is 17.5 Å². The van der Waals surface area contributed by atoms with Gasteiger partial charge in [-0.2, -0.15) is 0 Å². The molecule has 0 aromatic heterocycles. The lowest BCUT2D eigenvalue weighted by Crippen LogP contribution is -2.14. The first-order valence-electron chi connectivity index (χ1n) is 13.6. The fourth-order valence-electron chi connectivity index (χ4n) is 4.11. The van der Waals surface area contributed by atoms with E-state index >= 15 is 0 Å². The van der Waals surface area contributed by atoms with Gasteiger partial charge in [0.1, 0.15) is 9.79 Å². The third-order valence-corrected chi connectivity index (χ3v) is 9.41. The second-order valence-corrected chi connectivity index (χ2v) is 13.9. The van der Waals surface area contributed by atoms with Gasteiger partial charge in [0.05, 0.1) is 15.6 Å². The maximum atomic E-state index is 12.5. The quantitative estimate of drug-likeness (QED) is 0.167. The van der Waals surface area contributed by atoms with Crippen molar-refractivity contribution in [2.24, 2.45) is 10.3 Å². The maximum Gasteiger partial charge on any atom is 0.335 e. The first-order chi connectivity index (χ1) is 21.9. The minimum atomic E-state index is -4.05. The van der Waals surface area contributed by atoms with Crippen molar-refractivity contribution in [1.82, 2.24) is 0 Å². The molecule has 0 atom stereocenters. The number of sulfonamides is 2. The van der Waals surface area contributed by atoms with Gasteiger partial charge in [-0.05, 0) is 55.0 Å². The van der Waals surface area contributed by atoms with E-state index in [4.69, 9.17) is 38.6 Å². The van der Waals surface area contributed by atoms with E-state index in [1.807, 2.05) is 6.92 Å². The highest BCUT2D eigenvalue weighted by molar-refractivity contribution is 7.89. The van der Waals surface area contributed by atoms with Crippen LogP contribution in [-0.2, 0) is 20.0 Å². The van der Waals surface area contributed by atoms with Gasteiger partial charge in [0.15, 0.2) is 17.3 Å². The van der Waals surface area contributed by atoms with E-state index < -0.39 is 31.8 Å². The number of ketones is 3. The monoisotopic (exact) mass is 718 g/mol. The molecule has 0 saturated carbocycles. The van der Waals surface area contributed by atoms with Gasteiger partial charge >= 0.3 is 5.97 Å². The Hall–Kier alpha value is -4.24. The summed E-state index contributed by atoms with van der Waals surface area (Å²) in [6.45, 7) is 2.01. The number of rotatable bonds is 11. The first kappa shape index (κ1) is 37.2. The van der Waals surface area contributed by atoms with E-state index in [0.717, 1.165) is 25.0 Å². The fourth-order valence-corrected chi connectivity index (χ4v) is 6.25. The highest BCUT2D eigenvalue weighted by Gasteiger charge is 2.19. The van der Waals surface area contributed by atoms with Crippen LogP contribution in [0.2, 0.25) is 10.0 Å². The zero-order valence-corrected chi connectivity index (χ0v) is 27.8. The van der Waals surface area contributed by atoms with E-state index in [1.54, 1.807) is 24.3 Å². The minimum absolute atomic E-state index is 0.0313. The number of primary sulfonamides is 2. The topological polar surface area (TPSA) is 209 Å². The van der Waals surface area contributed by atoms with Crippen LogP contribution in [0.5, 0.6) is 0 Å². The molecule has 0 heterocycles. The van der Waals surface area contributed by atoms with E-state index in [1.165, 1.54) is 48.5 Å². The van der Waals surface area contributed by atoms with Crippen LogP contribution in [-0.4, -0.2) is 45.3 Å². The SMILES string of the molecule is CCCCC(=O)c1ccc(C(=O)c2ccc(Cl)c(S(N)(=O)=O)c2)cc1.NS(=O)(=O)c1cc(C(=O)c2ccc(C(=O)O)cc2)ccc1Cl. The first-order valence-corrected chi connectivity index (χ1v) is 17.5. The third-order valence-electron chi connectivity index (χ3n) is 6.62. The molecule has 11 nitrogen and oxygen atoms in total. The highest BCUT2D eigenvalue weighted by Crippen LogP contribution is 2.24. The zero-order chi connectivity index (χ0) is 35.1. The van der Waals surface area contributed by atoms with Crippen molar-refractivity contribution in [3.63, 3.8) is 0 Å². The molecular weight excluding hydrogens is 691 g/mol. The predicted molar refractivity (Wildman–Crippen MR) is 176 cm³/mol. The summed E-state index contributed by atoms with van der Waals surface area (Å²) in [5.74, 6) is -1.93. The summed E-state index contributed by atoms with van der Waals surface area (Å²) in [5, 5.41) is 18.8. The molecule has 0 aliphatic carbocycles. The average Bonchev–Trinajstić information content (AvgIpc) is 3.02. The predicted octanol–water partition coefficient (Wildman–Crippen LogP) is 5.51. The molecule has 5 N–H and O–H groups in total. The number of carbonyl (C=O) groups excluding carboxylic acids is 3. The van der Waals surface area contributed by atoms with Crippen molar-refractivity contribution in [2.45, 2.75) is 36.0 Å². The average molecular weight is 720 g/mol. The Morgan fingerprint density at radius 3 is 1.28 bits per heavy atom. The van der Waals surface area contributed by atoms with Crippen LogP contribution in [0.1, 0.15) is 78.7 Å². The Kier molecular flexibility index (Phi) is 12.3. The molecule has 0 unspecified atom stereocenters. The Labute approximate surface area is 281 Å². The Balaban J connectivity index is 0.000000257. The molecule has 0 radical (unpaired) electrons. The number of Topliss-reactive ketones (excluding diaryl/α,β-unsaturated/α-hetero) is 1. The number of nitrogens with two attached hydrogens (primary N) is 2. The van der Waals surface area contributed by atoms with Gasteiger partial charge in [-0.15, -0.1) is 0 Å². The molecule has 0 aliphatic heterocycles. The van der Waals surface area contributed by atoms with Crippen molar-refractivity contribution in [2.75, 3.05) is 0 Å². The fraction of sp³-hybridized carbons (Fsp3) is 0.125. The van der Waals surface area contributed by atoms with Gasteiger partial charge in [-0.3, -0.25) is 14.4 Å². The lowest BCUT2D eigenvalue weighted by Gasteiger charge is -2.06. The van der Waals surface area contributed by atoms with Crippen LogP contribution in [0.15, 0.2) is 94.7 Å². The molecule has 246 valence electrons. The summed E-state index contributed by atoms with van der Waals surface area (Å²) in [5.41, 5.74) is 1.38. The van der Waals surface area contributed by atoms with Crippen molar-refractivity contribution < 1.29 is 41.1 Å². The standard InChI is InChI=1S/C18H18ClNO4S.C14H10ClNO5S/c1-2-3-4-16(21)12-5-7-13(8-6-12)18(22)14-9-10-15(19)17(11-14)25(20,23)24;15-11-6-5-10(7-12(11)22(16,20)21)13(17)8-1-3-9(4-2-8)14(18)19/h5-11H,2-4H2,1H3,(H2,20,23,24);1-7H,(H,18,19)(H2,16,20,21). The maximum absolute atomic E-state index is 12.5. The molecule has 4 aromatic carbocycles. The van der Waals surface area contributed by atoms with Crippen molar-refractivity contribution in [1.29, 1.82) is 0 Å². The molecule has 0 bridgehead atoms. The summed E-state index contributed by atoms with van der Waals surface area (Å²) >= 11 is 11.6. The van der Waals surface area contributed by atoms with Gasteiger partial charge in [0.2, 0.25) is 20.0 Å². The summed E-state index contributed by atoms with van der Waals surface area (Å²) in [6.07, 6.45) is 2.23. The summed E-state index contributed by atoms with van der Waals surface area (Å²) in [6, 6.07) is 19.2. The summed E-state index contributed by atoms with van der Waals surface area (Å²) in [4.78, 5) is 46.9. The van der Waals surface area contributed by atoms with Crippen LogP contribution in [0.25, 0.3) is 0 Å². The van der Waals surface area contributed by atoms with E-state index in [9.17, 15) is 36.0 Å². The number of halogens is 2. The molecule has 4 rings (SSSR count). The molecular formula is C32H28Cl2N2O9S2. The number of hydrogen-bond donors (Lipinski definition) is 3. The van der Waals surface area contributed by atoms with Gasteiger partial charge in [0.25, 0.3) is 0 Å². The number of carboxylic acid groups (broad SMARTS) is 1. The Bertz CT molecular complexity index is 2060. The van der Waals surface area contributed by atoms with Crippen molar-refractivity contribution >= 4 is 66.6 Å². The molecule has 0 fully saturated rings. The smallest absolute Gasteiger partial charge is 0.335 e. The number of carbonyl (C=O) groups is 4. The lowest BCUT2D eigenvalue weighted by molar-refractivity contribution is 0.0696. The summed E-state index contributed by atoms with van der Waals surface area (Å²) in [7, 11) is -8.08. The van der Waals surface area contributed by atoms with Gasteiger partial charge < -0.3 is 5.11 Å². The van der Waals surface area contributed by atoms with Gasteiger partial charge in [-0.1, -0.05) is 72.9 Å². The minimum Gasteiger partial charge on any atom is -0.478 e. The molecule has 47 heavy (non-hydrogen) atoms. The number of carboxylic acids is 1. The normalized spacial score (nSPS) is 11.3. The lowest BCUT2D eigenvalue weighted by atomic mass is 9.99. The highest BCUT2D eigenvalue weighted by atomic mass is 35.5. The Morgan fingerprint density at radius 1 is 0.596 bits per heavy atom. The van der Waals surface area contributed by atoms with Crippen LogP contribution in [0.4, 0.5) is 0 Å². The molecule has 0 aliphatic rings. The van der Waals surface area contributed by atoms with E-state index in [2.05, 4.69) is 0 Å². The van der Waals surface area contributed by atoms with Gasteiger partial charge in [0, 0.05) is 34.2 Å². The van der Waals surface area contributed by atoms with Crippen molar-refractivity contribution in [3.8, 4) is 0 Å². The second-order valence-electron chi connectivity index (χ2n) is 10.0. The second kappa shape index (κ2) is 15.6. The number of benzene rings is 4. The number of unbranched alkanes of at least 4 members (excludes halogenated alkanes) is 1. The summed E-state index contributed by atoms with van der Waals surface area (Å²) < 4.78 is 45.8. The molecule has 0 amide bonds. The largest absolute Gasteiger partial charge is 0.478 e. The number of hydrogen-bond acceptors (Lipinski definition) is 8. The molecule has 0 saturated heterocycles. The third kappa shape index (κ3) is 9.88. The molecule has 4 aromatic rings. The molecule has 15 heteroatoms. The Morgan fingerprint density at radius 2 is 0.936 bits per heavy atom.